The molecule has 7 nitrogen and oxygen atoms in total. The Morgan fingerprint density at radius 2 is 2.26 bits per heavy atom. The zero-order valence-corrected chi connectivity index (χ0v) is 14.3. The Kier molecular flexibility index (Phi) is 5.85. The van der Waals surface area contributed by atoms with E-state index >= 15 is 0 Å². The fraction of sp³-hybridized carbons (Fsp3) is 0.500. The molecule has 2 atom stereocenters. The molecule has 1 aromatic carbocycles. The molecule has 2 rings (SSSR count). The molecule has 0 bridgehead atoms. The lowest BCUT2D eigenvalue weighted by Gasteiger charge is -2.30. The van der Waals surface area contributed by atoms with Crippen molar-refractivity contribution in [2.45, 2.75) is 24.3 Å². The van der Waals surface area contributed by atoms with Gasteiger partial charge in [-0.25, -0.2) is 13.1 Å². The highest BCUT2D eigenvalue weighted by molar-refractivity contribution is 7.89. The van der Waals surface area contributed by atoms with Crippen LogP contribution in [-0.2, 0) is 14.8 Å². The summed E-state index contributed by atoms with van der Waals surface area (Å²) in [5, 5.41) is 3.42. The number of ether oxygens (including phenoxy) is 1. The van der Waals surface area contributed by atoms with Gasteiger partial charge in [0.15, 0.2) is 6.61 Å². The van der Waals surface area contributed by atoms with E-state index in [0.717, 1.165) is 13.0 Å². The standard InChI is InChI=1S/C14H20ClN3O4S/c1-9-4-5-17-7-11(9)18-23(20,21)13-6-10(15)2-3-12(13)22-8-14(16)19/h2-3,6,9,11,17-18H,4-5,7-8H2,1H3,(H2,16,19). The molecule has 1 amide bonds. The zero-order chi connectivity index (χ0) is 17.0. The van der Waals surface area contributed by atoms with Gasteiger partial charge in [-0.2, -0.15) is 0 Å². The molecule has 0 radical (unpaired) electrons. The molecule has 0 saturated carbocycles. The highest BCUT2D eigenvalue weighted by Gasteiger charge is 2.28. The molecule has 1 aliphatic heterocycles. The van der Waals surface area contributed by atoms with Gasteiger partial charge >= 0.3 is 0 Å². The van der Waals surface area contributed by atoms with Crippen LogP contribution in [-0.4, -0.2) is 40.1 Å². The summed E-state index contributed by atoms with van der Waals surface area (Å²) in [7, 11) is -3.85. The third kappa shape index (κ3) is 4.81. The predicted octanol–water partition coefficient (Wildman–Crippen LogP) is 0.480. The molecule has 0 aliphatic carbocycles. The normalized spacial score (nSPS) is 21.8. The molecule has 4 N–H and O–H groups in total. The van der Waals surface area contributed by atoms with Gasteiger partial charge in [0.25, 0.3) is 5.91 Å². The topological polar surface area (TPSA) is 111 Å². The summed E-state index contributed by atoms with van der Waals surface area (Å²) in [5.74, 6) is -0.446. The van der Waals surface area contributed by atoms with Gasteiger partial charge in [0, 0.05) is 17.6 Å². The van der Waals surface area contributed by atoms with Crippen molar-refractivity contribution >= 4 is 27.5 Å². The van der Waals surface area contributed by atoms with Crippen molar-refractivity contribution in [2.75, 3.05) is 19.7 Å². The summed E-state index contributed by atoms with van der Waals surface area (Å²) in [4.78, 5) is 10.8. The van der Waals surface area contributed by atoms with Crippen LogP contribution < -0.4 is 20.5 Å². The first-order chi connectivity index (χ1) is 10.8. The van der Waals surface area contributed by atoms with E-state index in [1.165, 1.54) is 18.2 Å². The Labute approximate surface area is 140 Å². The van der Waals surface area contributed by atoms with E-state index in [4.69, 9.17) is 22.1 Å². The number of hydrogen-bond acceptors (Lipinski definition) is 5. The number of nitrogens with two attached hydrogens (primary N) is 1. The number of rotatable bonds is 6. The molecular weight excluding hydrogens is 342 g/mol. The van der Waals surface area contributed by atoms with Gasteiger partial charge in [0.05, 0.1) is 0 Å². The smallest absolute Gasteiger partial charge is 0.255 e. The number of carbonyl (C=O) groups excluding carboxylic acids is 1. The van der Waals surface area contributed by atoms with Crippen LogP contribution in [0.25, 0.3) is 0 Å². The summed E-state index contributed by atoms with van der Waals surface area (Å²) in [5.41, 5.74) is 5.03. The SMILES string of the molecule is CC1CCNCC1NS(=O)(=O)c1cc(Cl)ccc1OCC(N)=O. The van der Waals surface area contributed by atoms with Gasteiger partial charge in [0.1, 0.15) is 10.6 Å². The second-order valence-electron chi connectivity index (χ2n) is 5.54. The Balaban J connectivity index is 2.26. The average Bonchev–Trinajstić information content (AvgIpc) is 2.48. The number of nitrogens with one attached hydrogen (secondary N) is 2. The minimum Gasteiger partial charge on any atom is -0.482 e. The number of halogens is 1. The summed E-state index contributed by atoms with van der Waals surface area (Å²) in [6, 6.07) is 3.96. The van der Waals surface area contributed by atoms with Crippen LogP contribution in [0.3, 0.4) is 0 Å². The maximum absolute atomic E-state index is 12.7. The first-order valence-electron chi connectivity index (χ1n) is 7.23. The highest BCUT2D eigenvalue weighted by Crippen LogP contribution is 2.28. The van der Waals surface area contributed by atoms with Crippen LogP contribution in [0.4, 0.5) is 0 Å². The van der Waals surface area contributed by atoms with Crippen molar-refractivity contribution in [2.24, 2.45) is 11.7 Å². The minimum atomic E-state index is -3.85. The van der Waals surface area contributed by atoms with Gasteiger partial charge in [0.2, 0.25) is 10.0 Å². The monoisotopic (exact) mass is 361 g/mol. The van der Waals surface area contributed by atoms with Crippen LogP contribution in [0.5, 0.6) is 5.75 Å². The van der Waals surface area contributed by atoms with Crippen molar-refractivity contribution in [1.29, 1.82) is 0 Å². The van der Waals surface area contributed by atoms with Crippen molar-refractivity contribution in [3.05, 3.63) is 23.2 Å². The molecule has 1 aromatic rings. The van der Waals surface area contributed by atoms with Gasteiger partial charge in [-0.1, -0.05) is 18.5 Å². The number of carbonyl (C=O) groups is 1. The van der Waals surface area contributed by atoms with E-state index in [2.05, 4.69) is 10.0 Å². The van der Waals surface area contributed by atoms with Crippen LogP contribution in [0, 0.1) is 5.92 Å². The first-order valence-corrected chi connectivity index (χ1v) is 9.09. The van der Waals surface area contributed by atoms with Gasteiger partial charge in [-0.15, -0.1) is 0 Å². The molecule has 2 unspecified atom stereocenters. The van der Waals surface area contributed by atoms with Crippen molar-refractivity contribution in [3.63, 3.8) is 0 Å². The van der Waals surface area contributed by atoms with Crippen molar-refractivity contribution < 1.29 is 17.9 Å². The quantitative estimate of drug-likeness (QED) is 0.682. The van der Waals surface area contributed by atoms with Crippen molar-refractivity contribution in [1.82, 2.24) is 10.0 Å². The maximum atomic E-state index is 12.7. The molecule has 9 heteroatoms. The zero-order valence-electron chi connectivity index (χ0n) is 12.7. The van der Waals surface area contributed by atoms with E-state index in [-0.39, 0.29) is 27.6 Å². The van der Waals surface area contributed by atoms with Crippen LogP contribution >= 0.6 is 11.6 Å². The number of sulfonamides is 1. The molecule has 1 aliphatic rings. The maximum Gasteiger partial charge on any atom is 0.255 e. The molecule has 0 spiro atoms. The molecule has 1 fully saturated rings. The summed E-state index contributed by atoms with van der Waals surface area (Å²) >= 11 is 5.91. The molecule has 128 valence electrons. The van der Waals surface area contributed by atoms with E-state index in [1.807, 2.05) is 6.92 Å². The van der Waals surface area contributed by atoms with Crippen LogP contribution in [0.15, 0.2) is 23.1 Å². The fourth-order valence-corrected chi connectivity index (χ4v) is 4.12. The first kappa shape index (κ1) is 18.0. The molecule has 0 aromatic heterocycles. The van der Waals surface area contributed by atoms with E-state index in [1.54, 1.807) is 0 Å². The third-order valence-electron chi connectivity index (χ3n) is 3.70. The summed E-state index contributed by atoms with van der Waals surface area (Å²) in [6.45, 7) is 3.00. The highest BCUT2D eigenvalue weighted by atomic mass is 35.5. The number of primary amides is 1. The summed E-state index contributed by atoms with van der Waals surface area (Å²) < 4.78 is 33.2. The lowest BCUT2D eigenvalue weighted by Crippen LogP contribution is -2.50. The molecule has 1 heterocycles. The molecule has 23 heavy (non-hydrogen) atoms. The summed E-state index contributed by atoms with van der Waals surface area (Å²) in [6.07, 6.45) is 0.883. The Bertz CT molecular complexity index is 681. The predicted molar refractivity (Wildman–Crippen MR) is 86.9 cm³/mol. The minimum absolute atomic E-state index is 0.0390. The lowest BCUT2D eigenvalue weighted by atomic mass is 9.96. The lowest BCUT2D eigenvalue weighted by molar-refractivity contribution is -0.120. The van der Waals surface area contributed by atoms with Gasteiger partial charge in [-0.05, 0) is 37.1 Å². The fourth-order valence-electron chi connectivity index (χ4n) is 2.37. The second-order valence-corrected chi connectivity index (χ2v) is 7.66. The van der Waals surface area contributed by atoms with Gasteiger partial charge in [-0.3, -0.25) is 4.79 Å². The van der Waals surface area contributed by atoms with E-state index in [9.17, 15) is 13.2 Å². The van der Waals surface area contributed by atoms with Crippen molar-refractivity contribution in [3.8, 4) is 5.75 Å². The van der Waals surface area contributed by atoms with Crippen LogP contribution in [0.2, 0.25) is 5.02 Å². The Morgan fingerprint density at radius 1 is 1.52 bits per heavy atom. The largest absolute Gasteiger partial charge is 0.482 e. The van der Waals surface area contributed by atoms with E-state index in [0.29, 0.717) is 6.54 Å². The number of benzene rings is 1. The van der Waals surface area contributed by atoms with Crippen LogP contribution in [0.1, 0.15) is 13.3 Å². The molecule has 1 saturated heterocycles. The average molecular weight is 362 g/mol. The number of piperidine rings is 1. The molecular formula is C14H20ClN3O4S. The van der Waals surface area contributed by atoms with Gasteiger partial charge < -0.3 is 15.8 Å². The Hall–Kier alpha value is -1.35. The third-order valence-corrected chi connectivity index (χ3v) is 5.45. The number of hydrogen-bond donors (Lipinski definition) is 3. The second kappa shape index (κ2) is 7.48. The Morgan fingerprint density at radius 3 is 2.91 bits per heavy atom. The number of amides is 1. The van der Waals surface area contributed by atoms with E-state index < -0.39 is 22.5 Å².